The molecule has 90 valence electrons. The van der Waals surface area contributed by atoms with Gasteiger partial charge in [-0.15, -0.1) is 0 Å². The van der Waals surface area contributed by atoms with Crippen molar-refractivity contribution in [3.05, 3.63) is 0 Å². The number of piperazine rings is 1. The Bertz CT molecular complexity index is 152. The standard InChI is InChI=1S/C10H21IN2O2/c1-12-3-5-13(6-4-12)7-10-14-8-2-9-15-11/h2-10H2,1H3. The first-order valence-electron chi connectivity index (χ1n) is 5.55. The molecule has 0 aliphatic carbocycles. The largest absolute Gasteiger partial charge is 0.380 e. The molecule has 0 spiro atoms. The fraction of sp³-hybridized carbons (Fsp3) is 1.00. The monoisotopic (exact) mass is 328 g/mol. The van der Waals surface area contributed by atoms with E-state index in [4.69, 9.17) is 7.80 Å². The maximum Gasteiger partial charge on any atom is 0.109 e. The average Bonchev–Trinajstić information content (AvgIpc) is 2.26. The van der Waals surface area contributed by atoms with Crippen LogP contribution in [-0.4, -0.2) is 69.4 Å². The van der Waals surface area contributed by atoms with E-state index in [1.54, 1.807) is 0 Å². The molecule has 1 saturated heterocycles. The molecule has 0 radical (unpaired) electrons. The summed E-state index contributed by atoms with van der Waals surface area (Å²) in [5, 5.41) is 0. The highest BCUT2D eigenvalue weighted by Crippen LogP contribution is 1.98. The fourth-order valence-electron chi connectivity index (χ4n) is 1.58. The third kappa shape index (κ3) is 6.68. The molecule has 0 aromatic heterocycles. The van der Waals surface area contributed by atoms with Crippen molar-refractivity contribution in [3.8, 4) is 0 Å². The van der Waals surface area contributed by atoms with Crippen molar-refractivity contribution in [2.24, 2.45) is 0 Å². The van der Waals surface area contributed by atoms with Crippen LogP contribution in [0.2, 0.25) is 0 Å². The van der Waals surface area contributed by atoms with Gasteiger partial charge in [-0.2, -0.15) is 0 Å². The Morgan fingerprint density at radius 2 is 1.80 bits per heavy atom. The molecule has 1 heterocycles. The molecule has 0 saturated carbocycles. The van der Waals surface area contributed by atoms with Gasteiger partial charge in [-0.05, 0) is 13.5 Å². The zero-order chi connectivity index (χ0) is 10.9. The van der Waals surface area contributed by atoms with E-state index in [2.05, 4.69) is 16.8 Å². The molecule has 0 atom stereocenters. The molecule has 5 heteroatoms. The molecule has 0 aromatic carbocycles. The lowest BCUT2D eigenvalue weighted by atomic mass is 10.3. The molecule has 0 aromatic rings. The second kappa shape index (κ2) is 8.69. The SMILES string of the molecule is CN1CCN(CCOCCCOI)CC1. The predicted octanol–water partition coefficient (Wildman–Crippen LogP) is 1.01. The number of halogens is 1. The number of hydrogen-bond acceptors (Lipinski definition) is 4. The highest BCUT2D eigenvalue weighted by Gasteiger charge is 2.12. The van der Waals surface area contributed by atoms with Gasteiger partial charge < -0.3 is 12.7 Å². The minimum atomic E-state index is 0.787. The second-order valence-electron chi connectivity index (χ2n) is 3.92. The van der Waals surface area contributed by atoms with Crippen molar-refractivity contribution in [3.63, 3.8) is 0 Å². The van der Waals surface area contributed by atoms with E-state index in [1.165, 1.54) is 26.2 Å². The Morgan fingerprint density at radius 3 is 2.47 bits per heavy atom. The minimum Gasteiger partial charge on any atom is -0.380 e. The van der Waals surface area contributed by atoms with E-state index < -0.39 is 0 Å². The molecular formula is C10H21IN2O2. The molecular weight excluding hydrogens is 307 g/mol. The van der Waals surface area contributed by atoms with E-state index >= 15 is 0 Å². The average molecular weight is 328 g/mol. The van der Waals surface area contributed by atoms with E-state index in [0.717, 1.165) is 32.8 Å². The maximum absolute atomic E-state index is 5.53. The van der Waals surface area contributed by atoms with Crippen LogP contribution in [0.1, 0.15) is 6.42 Å². The van der Waals surface area contributed by atoms with Gasteiger partial charge in [-0.25, -0.2) is 0 Å². The number of nitrogens with zero attached hydrogens (tertiary/aromatic N) is 2. The molecule has 1 aliphatic rings. The summed E-state index contributed by atoms with van der Waals surface area (Å²) in [7, 11) is 2.18. The normalized spacial score (nSPS) is 19.6. The van der Waals surface area contributed by atoms with Crippen LogP contribution in [0.25, 0.3) is 0 Å². The van der Waals surface area contributed by atoms with Gasteiger partial charge >= 0.3 is 0 Å². The summed E-state index contributed by atoms with van der Waals surface area (Å²) >= 11 is 1.92. The third-order valence-corrected chi connectivity index (χ3v) is 3.10. The molecule has 0 bridgehead atoms. The molecule has 1 aliphatic heterocycles. The van der Waals surface area contributed by atoms with E-state index in [-0.39, 0.29) is 0 Å². The Hall–Kier alpha value is 0.570. The van der Waals surface area contributed by atoms with Crippen LogP contribution in [0.3, 0.4) is 0 Å². The van der Waals surface area contributed by atoms with Crippen molar-refractivity contribution >= 4 is 23.0 Å². The van der Waals surface area contributed by atoms with Crippen LogP contribution in [0.4, 0.5) is 0 Å². The zero-order valence-electron chi connectivity index (χ0n) is 9.45. The molecule has 1 fully saturated rings. The summed E-state index contributed by atoms with van der Waals surface area (Å²) in [6.07, 6.45) is 0.992. The van der Waals surface area contributed by atoms with E-state index in [9.17, 15) is 0 Å². The fourth-order valence-corrected chi connectivity index (χ4v) is 1.89. The summed E-state index contributed by atoms with van der Waals surface area (Å²) in [6.45, 7) is 8.24. The molecule has 0 N–H and O–H groups in total. The van der Waals surface area contributed by atoms with Gasteiger partial charge in [0.2, 0.25) is 0 Å². The number of hydrogen-bond donors (Lipinski definition) is 0. The van der Waals surface area contributed by atoms with Gasteiger partial charge in [0.1, 0.15) is 23.0 Å². The lowest BCUT2D eigenvalue weighted by molar-refractivity contribution is 0.0778. The van der Waals surface area contributed by atoms with Crippen molar-refractivity contribution in [1.29, 1.82) is 0 Å². The van der Waals surface area contributed by atoms with Crippen LogP contribution in [0.5, 0.6) is 0 Å². The number of rotatable bonds is 7. The van der Waals surface area contributed by atoms with Gasteiger partial charge in [0.15, 0.2) is 0 Å². The Morgan fingerprint density at radius 1 is 1.07 bits per heavy atom. The first-order chi connectivity index (χ1) is 7.33. The number of ether oxygens (including phenoxy) is 1. The molecule has 1 rings (SSSR count). The first kappa shape index (κ1) is 13.6. The molecule has 15 heavy (non-hydrogen) atoms. The molecule has 0 unspecified atom stereocenters. The Labute approximate surface area is 107 Å². The molecule has 4 nitrogen and oxygen atoms in total. The van der Waals surface area contributed by atoms with Gasteiger partial charge in [-0.1, -0.05) is 0 Å². The van der Waals surface area contributed by atoms with Crippen LogP contribution < -0.4 is 0 Å². The van der Waals surface area contributed by atoms with Crippen LogP contribution >= 0.6 is 23.0 Å². The third-order valence-electron chi connectivity index (χ3n) is 2.66. The zero-order valence-corrected chi connectivity index (χ0v) is 11.6. The Kier molecular flexibility index (Phi) is 7.90. The van der Waals surface area contributed by atoms with Crippen molar-refractivity contribution in [2.45, 2.75) is 6.42 Å². The summed E-state index contributed by atoms with van der Waals surface area (Å²) in [5.41, 5.74) is 0. The van der Waals surface area contributed by atoms with Gasteiger partial charge in [0.05, 0.1) is 13.2 Å². The van der Waals surface area contributed by atoms with Crippen LogP contribution in [0, 0.1) is 0 Å². The second-order valence-corrected chi connectivity index (χ2v) is 4.55. The highest BCUT2D eigenvalue weighted by atomic mass is 127. The topological polar surface area (TPSA) is 24.9 Å². The lowest BCUT2D eigenvalue weighted by Gasteiger charge is -2.32. The van der Waals surface area contributed by atoms with Crippen LogP contribution in [-0.2, 0) is 7.80 Å². The van der Waals surface area contributed by atoms with E-state index in [1.807, 2.05) is 23.0 Å². The van der Waals surface area contributed by atoms with Crippen molar-refractivity contribution in [2.75, 3.05) is 59.6 Å². The maximum atomic E-state index is 5.53. The first-order valence-corrected chi connectivity index (χ1v) is 6.43. The summed E-state index contributed by atoms with van der Waals surface area (Å²) in [4.78, 5) is 4.84. The molecule has 0 amide bonds. The van der Waals surface area contributed by atoms with Gasteiger partial charge in [-0.3, -0.25) is 4.90 Å². The smallest absolute Gasteiger partial charge is 0.109 e. The van der Waals surface area contributed by atoms with Crippen LogP contribution in [0.15, 0.2) is 0 Å². The van der Waals surface area contributed by atoms with Gasteiger partial charge in [0, 0.05) is 39.3 Å². The highest BCUT2D eigenvalue weighted by molar-refractivity contribution is 14.1. The predicted molar refractivity (Wildman–Crippen MR) is 69.3 cm³/mol. The van der Waals surface area contributed by atoms with Gasteiger partial charge in [0.25, 0.3) is 0 Å². The quantitative estimate of drug-likeness (QED) is 0.514. The van der Waals surface area contributed by atoms with Crippen molar-refractivity contribution in [1.82, 2.24) is 9.80 Å². The van der Waals surface area contributed by atoms with Crippen molar-refractivity contribution < 1.29 is 7.80 Å². The number of likely N-dealkylation sites (N-methyl/N-ethyl adjacent to an activating group) is 1. The summed E-state index contributed by atoms with van der Waals surface area (Å²) in [5.74, 6) is 0. The van der Waals surface area contributed by atoms with E-state index in [0.29, 0.717) is 0 Å². The minimum absolute atomic E-state index is 0.787. The summed E-state index contributed by atoms with van der Waals surface area (Å²) in [6, 6.07) is 0. The summed E-state index contributed by atoms with van der Waals surface area (Å²) < 4.78 is 10.5. The lowest BCUT2D eigenvalue weighted by Crippen LogP contribution is -2.45. The Balaban J connectivity index is 1.87.